The van der Waals surface area contributed by atoms with Crippen molar-refractivity contribution in [3.63, 3.8) is 0 Å². The molecule has 0 radical (unpaired) electrons. The lowest BCUT2D eigenvalue weighted by Gasteiger charge is -2.37. The molecule has 1 aliphatic heterocycles. The summed E-state index contributed by atoms with van der Waals surface area (Å²) in [5.41, 5.74) is 0. The number of aromatic nitrogens is 1. The molecule has 1 amide bonds. The van der Waals surface area contributed by atoms with Crippen molar-refractivity contribution in [3.8, 4) is 0 Å². The number of amides is 1. The van der Waals surface area contributed by atoms with Crippen LogP contribution in [-0.4, -0.2) is 55.2 Å². The van der Waals surface area contributed by atoms with Crippen LogP contribution in [0.4, 0.5) is 5.82 Å². The van der Waals surface area contributed by atoms with Gasteiger partial charge in [0.2, 0.25) is 15.9 Å². The number of carbonyl (C=O) groups is 1. The number of hydrogen-bond donors (Lipinski definition) is 2. The minimum Gasteiger partial charge on any atom is -0.360 e. The predicted octanol–water partition coefficient (Wildman–Crippen LogP) is 0.570. The Balaban J connectivity index is 1.88. The van der Waals surface area contributed by atoms with Crippen LogP contribution in [0.25, 0.3) is 0 Å². The standard InChI is InChI=1S/C14H24N4O4S/c1-9-8-18(23(4,20)21)6-5-12(9)15-11(3)14(19)16-13-7-10(2)22-17-13/h7,9,11-12,15H,5-6,8H2,1-4H3,(H,16,17,19)/t9-,11+,12-/m1/s1. The summed E-state index contributed by atoms with van der Waals surface area (Å²) in [6, 6.07) is 1.33. The number of aryl methyl sites for hydroxylation is 1. The minimum atomic E-state index is -3.16. The third kappa shape index (κ3) is 4.76. The van der Waals surface area contributed by atoms with Crippen molar-refractivity contribution in [1.29, 1.82) is 0 Å². The maximum absolute atomic E-state index is 12.2. The minimum absolute atomic E-state index is 0.0906. The van der Waals surface area contributed by atoms with Crippen LogP contribution in [0.3, 0.4) is 0 Å². The third-order valence-corrected chi connectivity index (χ3v) is 5.34. The SMILES string of the molecule is Cc1cc(NC(=O)[C@H](C)N[C@@H]2CCN(S(C)(=O)=O)C[C@H]2C)no1. The van der Waals surface area contributed by atoms with Gasteiger partial charge in [0.05, 0.1) is 12.3 Å². The van der Waals surface area contributed by atoms with Gasteiger partial charge in [-0.2, -0.15) is 0 Å². The van der Waals surface area contributed by atoms with Crippen molar-refractivity contribution in [2.45, 2.75) is 39.3 Å². The predicted molar refractivity (Wildman–Crippen MR) is 86.5 cm³/mol. The molecule has 0 aromatic carbocycles. The van der Waals surface area contributed by atoms with E-state index in [9.17, 15) is 13.2 Å². The third-order valence-electron chi connectivity index (χ3n) is 4.07. The number of anilines is 1. The van der Waals surface area contributed by atoms with Crippen LogP contribution in [0.1, 0.15) is 26.0 Å². The van der Waals surface area contributed by atoms with E-state index in [2.05, 4.69) is 15.8 Å². The number of nitrogens with one attached hydrogen (secondary N) is 2. The molecule has 1 aromatic rings. The van der Waals surface area contributed by atoms with Gasteiger partial charge in [-0.3, -0.25) is 4.79 Å². The van der Waals surface area contributed by atoms with E-state index in [0.29, 0.717) is 31.1 Å². The highest BCUT2D eigenvalue weighted by atomic mass is 32.2. The molecule has 0 spiro atoms. The highest BCUT2D eigenvalue weighted by Gasteiger charge is 2.32. The molecule has 1 saturated heterocycles. The molecule has 0 saturated carbocycles. The lowest BCUT2D eigenvalue weighted by Crippen LogP contribution is -2.53. The molecule has 130 valence electrons. The fourth-order valence-electron chi connectivity index (χ4n) is 2.71. The molecule has 0 aliphatic carbocycles. The van der Waals surface area contributed by atoms with E-state index in [1.165, 1.54) is 10.6 Å². The van der Waals surface area contributed by atoms with E-state index >= 15 is 0 Å². The summed E-state index contributed by atoms with van der Waals surface area (Å²) in [7, 11) is -3.16. The maximum Gasteiger partial charge on any atom is 0.242 e. The molecule has 0 bridgehead atoms. The van der Waals surface area contributed by atoms with E-state index in [1.54, 1.807) is 19.9 Å². The number of rotatable bonds is 5. The van der Waals surface area contributed by atoms with Gasteiger partial charge >= 0.3 is 0 Å². The number of carbonyl (C=O) groups excluding carboxylic acids is 1. The van der Waals surface area contributed by atoms with Crippen LogP contribution >= 0.6 is 0 Å². The largest absolute Gasteiger partial charge is 0.360 e. The Kier molecular flexibility index (Phi) is 5.43. The first-order valence-corrected chi connectivity index (χ1v) is 9.47. The summed E-state index contributed by atoms with van der Waals surface area (Å²) in [5.74, 6) is 0.947. The van der Waals surface area contributed by atoms with Gasteiger partial charge in [-0.05, 0) is 26.2 Å². The number of nitrogens with zero attached hydrogens (tertiary/aromatic N) is 2. The molecule has 9 heteroatoms. The molecule has 2 heterocycles. The average Bonchev–Trinajstić information content (AvgIpc) is 2.85. The molecule has 2 N–H and O–H groups in total. The van der Waals surface area contributed by atoms with E-state index in [4.69, 9.17) is 4.52 Å². The Morgan fingerprint density at radius 1 is 1.52 bits per heavy atom. The van der Waals surface area contributed by atoms with Crippen molar-refractivity contribution in [2.24, 2.45) is 5.92 Å². The zero-order chi connectivity index (χ0) is 17.2. The summed E-state index contributed by atoms with van der Waals surface area (Å²) in [6.45, 7) is 6.45. The Morgan fingerprint density at radius 2 is 2.22 bits per heavy atom. The normalized spacial score (nSPS) is 24.3. The molecule has 23 heavy (non-hydrogen) atoms. The number of sulfonamides is 1. The van der Waals surface area contributed by atoms with E-state index < -0.39 is 16.1 Å². The van der Waals surface area contributed by atoms with Crippen molar-refractivity contribution in [1.82, 2.24) is 14.8 Å². The topological polar surface area (TPSA) is 105 Å². The van der Waals surface area contributed by atoms with Crippen LogP contribution in [-0.2, 0) is 14.8 Å². The lowest BCUT2D eigenvalue weighted by atomic mass is 9.94. The van der Waals surface area contributed by atoms with Crippen LogP contribution < -0.4 is 10.6 Å². The second kappa shape index (κ2) is 6.98. The summed E-state index contributed by atoms with van der Waals surface area (Å²) in [5, 5.41) is 9.69. The van der Waals surface area contributed by atoms with Gasteiger partial charge in [0.15, 0.2) is 5.82 Å². The molecule has 2 rings (SSSR count). The van der Waals surface area contributed by atoms with Gasteiger partial charge in [-0.15, -0.1) is 0 Å². The van der Waals surface area contributed by atoms with Gasteiger partial charge in [0.1, 0.15) is 5.76 Å². The first-order chi connectivity index (χ1) is 10.7. The Hall–Kier alpha value is -1.45. The van der Waals surface area contributed by atoms with Crippen molar-refractivity contribution in [2.75, 3.05) is 24.7 Å². The Bertz CT molecular complexity index is 657. The summed E-state index contributed by atoms with van der Waals surface area (Å²) >= 11 is 0. The quantitative estimate of drug-likeness (QED) is 0.809. The van der Waals surface area contributed by atoms with Gasteiger partial charge < -0.3 is 15.2 Å². The first-order valence-electron chi connectivity index (χ1n) is 7.62. The van der Waals surface area contributed by atoms with Gasteiger partial charge in [-0.1, -0.05) is 12.1 Å². The summed E-state index contributed by atoms with van der Waals surface area (Å²) < 4.78 is 29.6. The lowest BCUT2D eigenvalue weighted by molar-refractivity contribution is -0.118. The Labute approximate surface area is 136 Å². The first kappa shape index (κ1) is 17.9. The molecule has 8 nitrogen and oxygen atoms in total. The van der Waals surface area contributed by atoms with E-state index in [0.717, 1.165) is 0 Å². The second-order valence-corrected chi connectivity index (χ2v) is 8.18. The van der Waals surface area contributed by atoms with Crippen molar-refractivity contribution < 1.29 is 17.7 Å². The zero-order valence-electron chi connectivity index (χ0n) is 13.9. The molecule has 0 unspecified atom stereocenters. The molecular weight excluding hydrogens is 320 g/mol. The van der Waals surface area contributed by atoms with Crippen LogP contribution in [0.15, 0.2) is 10.6 Å². The van der Waals surface area contributed by atoms with Crippen LogP contribution in [0.2, 0.25) is 0 Å². The molecule has 1 fully saturated rings. The van der Waals surface area contributed by atoms with Gasteiger partial charge in [0, 0.05) is 25.2 Å². The summed E-state index contributed by atoms with van der Waals surface area (Å²) in [4.78, 5) is 12.2. The highest BCUT2D eigenvalue weighted by Crippen LogP contribution is 2.19. The van der Waals surface area contributed by atoms with Crippen LogP contribution in [0, 0.1) is 12.8 Å². The summed E-state index contributed by atoms with van der Waals surface area (Å²) in [6.07, 6.45) is 1.90. The zero-order valence-corrected chi connectivity index (χ0v) is 14.7. The fourth-order valence-corrected chi connectivity index (χ4v) is 3.66. The smallest absolute Gasteiger partial charge is 0.242 e. The number of piperidine rings is 1. The van der Waals surface area contributed by atoms with E-state index in [1.807, 2.05) is 6.92 Å². The van der Waals surface area contributed by atoms with E-state index in [-0.39, 0.29) is 17.9 Å². The Morgan fingerprint density at radius 3 is 2.74 bits per heavy atom. The van der Waals surface area contributed by atoms with Crippen molar-refractivity contribution >= 4 is 21.7 Å². The highest BCUT2D eigenvalue weighted by molar-refractivity contribution is 7.88. The number of hydrogen-bond acceptors (Lipinski definition) is 6. The average molecular weight is 344 g/mol. The maximum atomic E-state index is 12.2. The molecule has 3 atom stereocenters. The second-order valence-electron chi connectivity index (χ2n) is 6.19. The molecular formula is C14H24N4O4S. The van der Waals surface area contributed by atoms with Crippen molar-refractivity contribution in [3.05, 3.63) is 11.8 Å². The van der Waals surface area contributed by atoms with Gasteiger partial charge in [-0.25, -0.2) is 12.7 Å². The molecule has 1 aromatic heterocycles. The van der Waals surface area contributed by atoms with Gasteiger partial charge in [0.25, 0.3) is 0 Å². The fraction of sp³-hybridized carbons (Fsp3) is 0.714. The van der Waals surface area contributed by atoms with Crippen LogP contribution in [0.5, 0.6) is 0 Å². The molecule has 1 aliphatic rings. The monoisotopic (exact) mass is 344 g/mol.